The summed E-state index contributed by atoms with van der Waals surface area (Å²) in [4.78, 5) is 16.0. The third-order valence-corrected chi connectivity index (χ3v) is 3.63. The number of nitrogens with zero attached hydrogens (tertiary/aromatic N) is 1. The number of carbonyl (C=O) groups is 1. The Morgan fingerprint density at radius 1 is 1.17 bits per heavy atom. The van der Waals surface area contributed by atoms with Crippen LogP contribution in [0.15, 0.2) is 29.3 Å². The molecule has 8 heteroatoms. The van der Waals surface area contributed by atoms with Crippen LogP contribution in [0.1, 0.15) is 15.9 Å². The molecule has 2 aromatic rings. The SMILES string of the molecule is COc1cc(C(=O)CN=Cc2cc(Cl)cc(Cl)c2O)cc(O)c1O. The molecule has 0 saturated carbocycles. The van der Waals surface area contributed by atoms with Crippen LogP contribution in [0.3, 0.4) is 0 Å². The molecule has 0 fully saturated rings. The fourth-order valence-corrected chi connectivity index (χ4v) is 2.42. The van der Waals surface area contributed by atoms with Crippen molar-refractivity contribution in [2.45, 2.75) is 0 Å². The van der Waals surface area contributed by atoms with Crippen molar-refractivity contribution in [2.75, 3.05) is 13.7 Å². The van der Waals surface area contributed by atoms with Crippen molar-refractivity contribution in [1.82, 2.24) is 0 Å². The lowest BCUT2D eigenvalue weighted by molar-refractivity contribution is 0.100. The zero-order chi connectivity index (χ0) is 17.9. The third kappa shape index (κ3) is 3.90. The number of phenols is 3. The molecule has 0 amide bonds. The Labute approximate surface area is 147 Å². The van der Waals surface area contributed by atoms with E-state index in [0.717, 1.165) is 6.07 Å². The average Bonchev–Trinajstić information content (AvgIpc) is 2.54. The van der Waals surface area contributed by atoms with Crippen LogP contribution in [0, 0.1) is 0 Å². The Bertz CT molecular complexity index is 821. The number of hydrogen-bond acceptors (Lipinski definition) is 6. The molecule has 24 heavy (non-hydrogen) atoms. The van der Waals surface area contributed by atoms with Gasteiger partial charge < -0.3 is 20.1 Å². The molecule has 0 radical (unpaired) electrons. The number of carbonyl (C=O) groups excluding carboxylic acids is 1. The highest BCUT2D eigenvalue weighted by atomic mass is 35.5. The summed E-state index contributed by atoms with van der Waals surface area (Å²) in [5.74, 6) is -1.56. The first kappa shape index (κ1) is 17.9. The standard InChI is InChI=1S/C16H13Cl2NO5/c1-24-14-4-8(3-12(20)16(14)23)13(21)7-19-6-9-2-10(17)5-11(18)15(9)22/h2-6,20,22-23H,7H2,1H3. The summed E-state index contributed by atoms with van der Waals surface area (Å²) in [7, 11) is 1.30. The number of aliphatic imine (C=N–C) groups is 1. The molecule has 0 aromatic heterocycles. The molecule has 0 saturated heterocycles. The van der Waals surface area contributed by atoms with Crippen molar-refractivity contribution in [3.05, 3.63) is 45.4 Å². The molecular formula is C16H13Cl2NO5. The number of halogens is 2. The summed E-state index contributed by atoms with van der Waals surface area (Å²) in [5.41, 5.74) is 0.388. The van der Waals surface area contributed by atoms with Crippen LogP contribution in [0.4, 0.5) is 0 Å². The lowest BCUT2D eigenvalue weighted by Crippen LogP contribution is -2.04. The van der Waals surface area contributed by atoms with E-state index in [4.69, 9.17) is 27.9 Å². The number of ether oxygens (including phenoxy) is 1. The average molecular weight is 370 g/mol. The zero-order valence-corrected chi connectivity index (χ0v) is 14.0. The number of Topliss-reactive ketones (excluding diaryl/α,β-unsaturated/α-hetero) is 1. The number of benzene rings is 2. The predicted molar refractivity (Wildman–Crippen MR) is 91.2 cm³/mol. The third-order valence-electron chi connectivity index (χ3n) is 3.12. The molecule has 2 rings (SSSR count). The van der Waals surface area contributed by atoms with E-state index in [1.807, 2.05) is 0 Å². The van der Waals surface area contributed by atoms with Gasteiger partial charge in [0.05, 0.1) is 12.1 Å². The molecule has 0 atom stereocenters. The van der Waals surface area contributed by atoms with Crippen LogP contribution in [-0.2, 0) is 0 Å². The predicted octanol–water partition coefficient (Wildman–Crippen LogP) is 3.42. The fraction of sp³-hybridized carbons (Fsp3) is 0.125. The summed E-state index contributed by atoms with van der Waals surface area (Å²) in [5, 5.41) is 29.3. The van der Waals surface area contributed by atoms with Crippen LogP contribution in [-0.4, -0.2) is 41.0 Å². The number of hydrogen-bond donors (Lipinski definition) is 3. The van der Waals surface area contributed by atoms with E-state index >= 15 is 0 Å². The zero-order valence-electron chi connectivity index (χ0n) is 12.5. The summed E-state index contributed by atoms with van der Waals surface area (Å²) >= 11 is 11.6. The first-order valence-corrected chi connectivity index (χ1v) is 7.40. The lowest BCUT2D eigenvalue weighted by Gasteiger charge is -2.07. The molecule has 126 valence electrons. The maximum atomic E-state index is 12.1. The number of phenolic OH excluding ortho intramolecular Hbond substituents is 3. The lowest BCUT2D eigenvalue weighted by atomic mass is 10.1. The second-order valence-corrected chi connectivity index (χ2v) is 5.61. The molecule has 3 N–H and O–H groups in total. The van der Waals surface area contributed by atoms with E-state index in [9.17, 15) is 20.1 Å². The highest BCUT2D eigenvalue weighted by molar-refractivity contribution is 6.36. The van der Waals surface area contributed by atoms with Crippen LogP contribution in [0.5, 0.6) is 23.0 Å². The van der Waals surface area contributed by atoms with Crippen LogP contribution < -0.4 is 4.74 Å². The van der Waals surface area contributed by atoms with E-state index in [-0.39, 0.29) is 34.2 Å². The van der Waals surface area contributed by atoms with Gasteiger partial charge in [0, 0.05) is 22.4 Å². The molecule has 6 nitrogen and oxygen atoms in total. The van der Waals surface area contributed by atoms with Gasteiger partial charge in [-0.3, -0.25) is 9.79 Å². The van der Waals surface area contributed by atoms with Gasteiger partial charge >= 0.3 is 0 Å². The van der Waals surface area contributed by atoms with Crippen molar-refractivity contribution >= 4 is 35.2 Å². The van der Waals surface area contributed by atoms with Gasteiger partial charge in [-0.05, 0) is 24.3 Å². The molecule has 0 heterocycles. The molecule has 0 aliphatic rings. The van der Waals surface area contributed by atoms with Crippen LogP contribution in [0.2, 0.25) is 10.0 Å². The summed E-state index contributed by atoms with van der Waals surface area (Å²) in [6, 6.07) is 5.24. The van der Waals surface area contributed by atoms with Gasteiger partial charge in [0.25, 0.3) is 0 Å². The van der Waals surface area contributed by atoms with Gasteiger partial charge in [-0.1, -0.05) is 23.2 Å². The smallest absolute Gasteiger partial charge is 0.200 e. The van der Waals surface area contributed by atoms with E-state index in [2.05, 4.69) is 4.99 Å². The topological polar surface area (TPSA) is 99.4 Å². The second kappa shape index (κ2) is 7.42. The van der Waals surface area contributed by atoms with Gasteiger partial charge in [-0.25, -0.2) is 0 Å². The Kier molecular flexibility index (Phi) is 5.54. The fourth-order valence-electron chi connectivity index (χ4n) is 1.91. The number of ketones is 1. The van der Waals surface area contributed by atoms with E-state index in [1.54, 1.807) is 0 Å². The molecule has 0 bridgehead atoms. The minimum atomic E-state index is -0.471. The maximum absolute atomic E-state index is 12.1. The van der Waals surface area contributed by atoms with Crippen LogP contribution >= 0.6 is 23.2 Å². The van der Waals surface area contributed by atoms with E-state index in [0.29, 0.717) is 5.02 Å². The molecule has 0 spiro atoms. The Morgan fingerprint density at radius 2 is 1.88 bits per heavy atom. The largest absolute Gasteiger partial charge is 0.506 e. The molecule has 0 unspecified atom stereocenters. The number of rotatable bonds is 5. The molecule has 2 aromatic carbocycles. The highest BCUT2D eigenvalue weighted by Crippen LogP contribution is 2.36. The van der Waals surface area contributed by atoms with Crippen LogP contribution in [0.25, 0.3) is 0 Å². The monoisotopic (exact) mass is 369 g/mol. The van der Waals surface area contributed by atoms with Gasteiger partial charge in [-0.15, -0.1) is 0 Å². The van der Waals surface area contributed by atoms with Crippen molar-refractivity contribution in [1.29, 1.82) is 0 Å². The van der Waals surface area contributed by atoms with Gasteiger partial charge in [-0.2, -0.15) is 0 Å². The highest BCUT2D eigenvalue weighted by Gasteiger charge is 2.14. The van der Waals surface area contributed by atoms with Gasteiger partial charge in [0.15, 0.2) is 17.3 Å². The summed E-state index contributed by atoms with van der Waals surface area (Å²) in [6.07, 6.45) is 1.27. The van der Waals surface area contributed by atoms with Crippen molar-refractivity contribution in [3.63, 3.8) is 0 Å². The first-order valence-electron chi connectivity index (χ1n) is 6.64. The summed E-state index contributed by atoms with van der Waals surface area (Å²) < 4.78 is 4.87. The molecule has 0 aliphatic heterocycles. The molecular weight excluding hydrogens is 357 g/mol. The van der Waals surface area contributed by atoms with E-state index in [1.165, 1.54) is 31.5 Å². The van der Waals surface area contributed by atoms with Gasteiger partial charge in [0.2, 0.25) is 5.75 Å². The van der Waals surface area contributed by atoms with Crippen molar-refractivity contribution < 1.29 is 24.9 Å². The van der Waals surface area contributed by atoms with Crippen molar-refractivity contribution in [3.8, 4) is 23.0 Å². The Hall–Kier alpha value is -2.44. The number of methoxy groups -OCH3 is 1. The Morgan fingerprint density at radius 3 is 2.54 bits per heavy atom. The second-order valence-electron chi connectivity index (χ2n) is 4.76. The number of aromatic hydroxyl groups is 3. The quantitative estimate of drug-likeness (QED) is 0.426. The molecule has 0 aliphatic carbocycles. The summed E-state index contributed by atoms with van der Waals surface area (Å²) in [6.45, 7) is -0.253. The normalized spacial score (nSPS) is 11.0. The minimum absolute atomic E-state index is 0.0263. The van der Waals surface area contributed by atoms with Gasteiger partial charge in [0.1, 0.15) is 12.3 Å². The van der Waals surface area contributed by atoms with E-state index < -0.39 is 17.3 Å². The maximum Gasteiger partial charge on any atom is 0.200 e. The minimum Gasteiger partial charge on any atom is -0.506 e. The Balaban J connectivity index is 2.18. The van der Waals surface area contributed by atoms with Crippen molar-refractivity contribution in [2.24, 2.45) is 4.99 Å². The first-order chi connectivity index (χ1) is 11.3.